The molecule has 0 saturated heterocycles. The molecule has 14 rings (SSSR count). The first-order valence-electron chi connectivity index (χ1n) is 24.2. The zero-order valence-corrected chi connectivity index (χ0v) is 39.3. The lowest BCUT2D eigenvalue weighted by atomic mass is 9.98. The van der Waals surface area contributed by atoms with Gasteiger partial charge in [0.25, 0.3) is 0 Å². The van der Waals surface area contributed by atoms with Crippen LogP contribution >= 0.6 is 0 Å². The number of aromatic nitrogens is 3. The summed E-state index contributed by atoms with van der Waals surface area (Å²) in [6, 6.07) is 101. The molecule has 0 aliphatic rings. The minimum Gasteiger partial charge on any atom is -0.309 e. The third kappa shape index (κ3) is 6.00. The largest absolute Gasteiger partial charge is 0.309 e. The number of hydrogen-bond donors (Lipinski definition) is 0. The summed E-state index contributed by atoms with van der Waals surface area (Å²) in [7, 11) is -2.68. The first-order valence-corrected chi connectivity index (χ1v) is 26.2. The molecule has 0 aliphatic heterocycles. The molecule has 4 heteroatoms. The molecule has 14 aromatic rings. The molecule has 0 amide bonds. The lowest BCUT2D eigenvalue weighted by Gasteiger charge is -2.34. The minimum absolute atomic E-state index is 1.14. The molecule has 0 fully saturated rings. The summed E-state index contributed by atoms with van der Waals surface area (Å²) >= 11 is 0. The molecule has 0 bridgehead atoms. The van der Waals surface area contributed by atoms with E-state index in [4.69, 9.17) is 0 Å². The van der Waals surface area contributed by atoms with Crippen LogP contribution in [-0.4, -0.2) is 21.8 Å². The number of hydrogen-bond acceptors (Lipinski definition) is 0. The zero-order valence-electron chi connectivity index (χ0n) is 38.3. The van der Waals surface area contributed by atoms with Crippen molar-refractivity contribution >= 4 is 94.2 Å². The molecule has 0 unspecified atom stereocenters. The molecule has 0 aliphatic carbocycles. The summed E-state index contributed by atoms with van der Waals surface area (Å²) in [6.07, 6.45) is 0. The van der Waals surface area contributed by atoms with Crippen LogP contribution in [0.1, 0.15) is 0 Å². The normalized spacial score (nSPS) is 12.0. The van der Waals surface area contributed by atoms with Gasteiger partial charge in [-0.3, -0.25) is 0 Å². The van der Waals surface area contributed by atoms with E-state index in [1.165, 1.54) is 97.3 Å². The van der Waals surface area contributed by atoms with Crippen LogP contribution < -0.4 is 20.7 Å². The third-order valence-corrected chi connectivity index (χ3v) is 19.6. The smallest absolute Gasteiger partial charge is 0.179 e. The lowest BCUT2D eigenvalue weighted by molar-refractivity contribution is 1.17. The Hall–Kier alpha value is -8.96. The summed E-state index contributed by atoms with van der Waals surface area (Å²) in [5.41, 5.74) is 13.0. The summed E-state index contributed by atoms with van der Waals surface area (Å²) in [4.78, 5) is 0. The van der Waals surface area contributed by atoms with E-state index in [2.05, 4.69) is 287 Å². The van der Waals surface area contributed by atoms with Gasteiger partial charge in [-0.2, -0.15) is 0 Å². The monoisotopic (exact) mass is 907 g/mol. The number of rotatable bonds is 8. The zero-order chi connectivity index (χ0) is 46.2. The Morgan fingerprint density at radius 2 is 0.643 bits per heavy atom. The van der Waals surface area contributed by atoms with E-state index < -0.39 is 8.07 Å². The molecule has 0 atom stereocenters. The summed E-state index contributed by atoms with van der Waals surface area (Å²) < 4.78 is 7.33. The molecular weight excluding hydrogens is 863 g/mol. The lowest BCUT2D eigenvalue weighted by Crippen LogP contribution is -2.74. The first-order chi connectivity index (χ1) is 34.8. The van der Waals surface area contributed by atoms with Crippen molar-refractivity contribution in [3.8, 4) is 28.2 Å². The van der Waals surface area contributed by atoms with E-state index in [0.717, 1.165) is 17.1 Å². The number of nitrogens with zero attached hydrogens (tertiary/aromatic N) is 3. The summed E-state index contributed by atoms with van der Waals surface area (Å²) in [5.74, 6) is 0. The first kappa shape index (κ1) is 40.1. The second-order valence-electron chi connectivity index (χ2n) is 18.4. The predicted molar refractivity (Wildman–Crippen MR) is 299 cm³/mol. The number of para-hydroxylation sites is 4. The Labute approximate surface area is 407 Å². The molecular formula is C66H45N3Si. The van der Waals surface area contributed by atoms with Crippen molar-refractivity contribution in [2.75, 3.05) is 0 Å². The SMILES string of the molecule is c1ccc(-n2c3ccccc3c3c(-c4ccc5c6ccccc6n(-c6ccc7c(c6)c6ccccc6n7-c6ccc([Si](c7ccccc7)(c7ccccc7)c7ccccc7)cc6)c5c4)cccc32)cc1. The molecule has 0 spiro atoms. The Bertz CT molecular complexity index is 4170. The van der Waals surface area contributed by atoms with E-state index in [1.807, 2.05) is 0 Å². The van der Waals surface area contributed by atoms with E-state index >= 15 is 0 Å². The van der Waals surface area contributed by atoms with Gasteiger partial charge in [-0.15, -0.1) is 0 Å². The van der Waals surface area contributed by atoms with Crippen molar-refractivity contribution in [2.24, 2.45) is 0 Å². The Balaban J connectivity index is 0.940. The van der Waals surface area contributed by atoms with Crippen LogP contribution in [0.25, 0.3) is 93.6 Å². The predicted octanol–water partition coefficient (Wildman–Crippen LogP) is 14.0. The van der Waals surface area contributed by atoms with Gasteiger partial charge < -0.3 is 13.7 Å². The maximum absolute atomic E-state index is 2.68. The van der Waals surface area contributed by atoms with Crippen LogP contribution in [0, 0.1) is 0 Å². The highest BCUT2D eigenvalue weighted by atomic mass is 28.3. The van der Waals surface area contributed by atoms with Crippen LogP contribution in [0.4, 0.5) is 0 Å². The van der Waals surface area contributed by atoms with E-state index in [-0.39, 0.29) is 0 Å². The van der Waals surface area contributed by atoms with Crippen LogP contribution in [0.3, 0.4) is 0 Å². The standard InChI is InChI=1S/C66H45N3Si/c1-5-20-47(21-6-1)68-62-34-18-15-30-58(62)66-54(31-19-35-64(66)68)46-36-42-57-55-28-13-16-32-60(55)69(65(57)44-46)49-39-43-63-59(45-49)56-29-14-17-33-61(56)67(63)48-37-40-53(41-38-48)70(50-22-7-2-8-23-50,51-24-9-3-10-25-51)52-26-11-4-12-27-52/h1-45H. The summed E-state index contributed by atoms with van der Waals surface area (Å²) in [5, 5.41) is 12.9. The van der Waals surface area contributed by atoms with Crippen LogP contribution in [0.2, 0.25) is 0 Å². The van der Waals surface area contributed by atoms with Crippen molar-refractivity contribution < 1.29 is 0 Å². The Morgan fingerprint density at radius 3 is 1.26 bits per heavy atom. The van der Waals surface area contributed by atoms with Crippen molar-refractivity contribution in [1.82, 2.24) is 13.7 Å². The van der Waals surface area contributed by atoms with Gasteiger partial charge in [-0.05, 0) is 105 Å². The fraction of sp³-hybridized carbons (Fsp3) is 0. The van der Waals surface area contributed by atoms with Crippen LogP contribution in [0.15, 0.2) is 273 Å². The van der Waals surface area contributed by atoms with Crippen molar-refractivity contribution in [1.29, 1.82) is 0 Å². The van der Waals surface area contributed by atoms with Crippen LogP contribution in [0.5, 0.6) is 0 Å². The molecule has 0 N–H and O–H groups in total. The van der Waals surface area contributed by atoms with E-state index in [0.29, 0.717) is 0 Å². The molecule has 328 valence electrons. The second kappa shape index (κ2) is 16.1. The van der Waals surface area contributed by atoms with Gasteiger partial charge in [-0.1, -0.05) is 200 Å². The molecule has 0 radical (unpaired) electrons. The Kier molecular flexibility index (Phi) is 9.23. The van der Waals surface area contributed by atoms with Gasteiger partial charge in [0.1, 0.15) is 0 Å². The molecule has 70 heavy (non-hydrogen) atoms. The topological polar surface area (TPSA) is 14.8 Å². The average molecular weight is 908 g/mol. The molecule has 0 saturated carbocycles. The van der Waals surface area contributed by atoms with Crippen molar-refractivity contribution in [3.63, 3.8) is 0 Å². The third-order valence-electron chi connectivity index (χ3n) is 14.8. The van der Waals surface area contributed by atoms with Gasteiger partial charge in [0.15, 0.2) is 8.07 Å². The maximum atomic E-state index is 2.48. The fourth-order valence-corrected chi connectivity index (χ4v) is 16.6. The molecule has 3 aromatic heterocycles. The van der Waals surface area contributed by atoms with Gasteiger partial charge in [0.2, 0.25) is 0 Å². The average Bonchev–Trinajstić information content (AvgIpc) is 4.08. The number of benzene rings is 11. The van der Waals surface area contributed by atoms with Crippen molar-refractivity contribution in [2.45, 2.75) is 0 Å². The van der Waals surface area contributed by atoms with E-state index in [9.17, 15) is 0 Å². The Morgan fingerprint density at radius 1 is 0.229 bits per heavy atom. The van der Waals surface area contributed by atoms with Gasteiger partial charge in [0, 0.05) is 49.4 Å². The van der Waals surface area contributed by atoms with Gasteiger partial charge in [-0.25, -0.2) is 0 Å². The van der Waals surface area contributed by atoms with Gasteiger partial charge >= 0.3 is 0 Å². The quantitative estimate of drug-likeness (QED) is 0.107. The summed E-state index contributed by atoms with van der Waals surface area (Å²) in [6.45, 7) is 0. The second-order valence-corrected chi connectivity index (χ2v) is 22.2. The number of fused-ring (bicyclic) bond motifs is 9. The molecule has 11 aromatic carbocycles. The molecule has 3 nitrogen and oxygen atoms in total. The molecule has 3 heterocycles. The van der Waals surface area contributed by atoms with Gasteiger partial charge in [0.05, 0.1) is 33.1 Å². The highest BCUT2D eigenvalue weighted by Crippen LogP contribution is 2.42. The highest BCUT2D eigenvalue weighted by molar-refractivity contribution is 7.19. The fourth-order valence-electron chi connectivity index (χ4n) is 11.8. The highest BCUT2D eigenvalue weighted by Gasteiger charge is 2.41. The van der Waals surface area contributed by atoms with Crippen molar-refractivity contribution in [3.05, 3.63) is 273 Å². The maximum Gasteiger partial charge on any atom is 0.179 e. The minimum atomic E-state index is -2.68. The van der Waals surface area contributed by atoms with Crippen LogP contribution in [-0.2, 0) is 0 Å². The van der Waals surface area contributed by atoms with E-state index in [1.54, 1.807) is 0 Å².